The Morgan fingerprint density at radius 1 is 1.29 bits per heavy atom. The second kappa shape index (κ2) is 10.5. The largest absolute Gasteiger partial charge is 0.379 e. The van der Waals surface area contributed by atoms with E-state index in [-0.39, 0.29) is 5.92 Å². The molecule has 0 spiro atoms. The van der Waals surface area contributed by atoms with Gasteiger partial charge < -0.3 is 9.64 Å². The summed E-state index contributed by atoms with van der Waals surface area (Å²) in [6.07, 6.45) is 1.95. The van der Waals surface area contributed by atoms with Crippen molar-refractivity contribution in [2.75, 3.05) is 51.4 Å². The Bertz CT molecular complexity index is 296. The van der Waals surface area contributed by atoms with Crippen LogP contribution in [-0.4, -0.2) is 73.2 Å². The lowest BCUT2D eigenvalue weighted by molar-refractivity contribution is -0.135. The van der Waals surface area contributed by atoms with Crippen molar-refractivity contribution in [2.45, 2.75) is 39.7 Å². The molecule has 0 saturated carbocycles. The molecule has 2 atom stereocenters. The predicted octanol–water partition coefficient (Wildman–Crippen LogP) is 2.33. The molecular formula is C16H32N2O2S. The van der Waals surface area contributed by atoms with Crippen LogP contribution in [0.1, 0.15) is 33.6 Å². The van der Waals surface area contributed by atoms with Crippen molar-refractivity contribution in [2.24, 2.45) is 5.92 Å². The van der Waals surface area contributed by atoms with Crippen molar-refractivity contribution in [1.82, 2.24) is 9.80 Å². The molecule has 1 unspecified atom stereocenters. The zero-order valence-corrected chi connectivity index (χ0v) is 15.0. The standard InChI is InChI=1S/C16H32N2O2S/c1-5-14(3)17(4)16(19)15(6-2)13-21-12-9-18-7-10-20-11-8-18/h14-15H,5-13H2,1-4H3/t14?,15-/m1/s1. The summed E-state index contributed by atoms with van der Waals surface area (Å²) in [6.45, 7) is 11.3. The third-order valence-corrected chi connectivity index (χ3v) is 5.53. The zero-order valence-electron chi connectivity index (χ0n) is 14.1. The van der Waals surface area contributed by atoms with Crippen LogP contribution in [0.2, 0.25) is 0 Å². The minimum Gasteiger partial charge on any atom is -0.379 e. The van der Waals surface area contributed by atoms with Gasteiger partial charge in [0.25, 0.3) is 0 Å². The number of carbonyl (C=O) groups excluding carboxylic acids is 1. The van der Waals surface area contributed by atoms with Crippen LogP contribution in [0.4, 0.5) is 0 Å². The van der Waals surface area contributed by atoms with Crippen molar-refractivity contribution >= 4 is 17.7 Å². The van der Waals surface area contributed by atoms with Crippen LogP contribution in [0.15, 0.2) is 0 Å². The fraction of sp³-hybridized carbons (Fsp3) is 0.938. The molecule has 0 N–H and O–H groups in total. The van der Waals surface area contributed by atoms with Crippen LogP contribution in [0, 0.1) is 5.92 Å². The Balaban J connectivity index is 2.25. The van der Waals surface area contributed by atoms with Gasteiger partial charge in [0, 0.05) is 50.1 Å². The monoisotopic (exact) mass is 316 g/mol. The fourth-order valence-corrected chi connectivity index (χ4v) is 3.60. The molecule has 1 saturated heterocycles. The van der Waals surface area contributed by atoms with E-state index in [1.54, 1.807) is 0 Å². The van der Waals surface area contributed by atoms with Crippen molar-refractivity contribution in [1.29, 1.82) is 0 Å². The highest BCUT2D eigenvalue weighted by molar-refractivity contribution is 7.99. The van der Waals surface area contributed by atoms with Crippen LogP contribution in [0.3, 0.4) is 0 Å². The first kappa shape index (κ1) is 18.8. The Hall–Kier alpha value is -0.260. The van der Waals surface area contributed by atoms with E-state index in [2.05, 4.69) is 25.7 Å². The number of nitrogens with zero attached hydrogens (tertiary/aromatic N) is 2. The first-order valence-electron chi connectivity index (χ1n) is 8.24. The Labute approximate surface area is 134 Å². The normalized spacial score (nSPS) is 19.2. The van der Waals surface area contributed by atoms with Crippen molar-refractivity contribution in [3.8, 4) is 0 Å². The molecule has 0 aromatic carbocycles. The summed E-state index contributed by atoms with van der Waals surface area (Å²) in [5.41, 5.74) is 0. The number of hydrogen-bond donors (Lipinski definition) is 0. The van der Waals surface area contributed by atoms with Crippen molar-refractivity contribution in [3.05, 3.63) is 0 Å². The zero-order chi connectivity index (χ0) is 15.7. The molecule has 0 radical (unpaired) electrons. The average molecular weight is 317 g/mol. The van der Waals surface area contributed by atoms with E-state index in [1.165, 1.54) is 0 Å². The van der Waals surface area contributed by atoms with E-state index in [9.17, 15) is 4.79 Å². The molecule has 1 rings (SSSR count). The Morgan fingerprint density at radius 2 is 1.95 bits per heavy atom. The molecule has 1 aliphatic rings. The number of thioether (sulfide) groups is 1. The van der Waals surface area contributed by atoms with Gasteiger partial charge in [-0.05, 0) is 19.8 Å². The molecule has 1 heterocycles. The minimum absolute atomic E-state index is 0.165. The summed E-state index contributed by atoms with van der Waals surface area (Å²) in [4.78, 5) is 16.8. The number of rotatable bonds is 9. The summed E-state index contributed by atoms with van der Waals surface area (Å²) in [5.74, 6) is 2.53. The highest BCUT2D eigenvalue weighted by atomic mass is 32.2. The van der Waals surface area contributed by atoms with Crippen LogP contribution in [0.25, 0.3) is 0 Å². The summed E-state index contributed by atoms with van der Waals surface area (Å²) < 4.78 is 5.35. The maximum atomic E-state index is 12.5. The molecule has 21 heavy (non-hydrogen) atoms. The third-order valence-electron chi connectivity index (χ3n) is 4.42. The lowest BCUT2D eigenvalue weighted by atomic mass is 10.1. The molecule has 4 nitrogen and oxygen atoms in total. The second-order valence-electron chi connectivity index (χ2n) is 5.84. The summed E-state index contributed by atoms with van der Waals surface area (Å²) in [5, 5.41) is 0. The molecule has 0 aromatic heterocycles. The maximum absolute atomic E-state index is 12.5. The second-order valence-corrected chi connectivity index (χ2v) is 6.99. The van der Waals surface area contributed by atoms with Crippen LogP contribution in [-0.2, 0) is 9.53 Å². The van der Waals surface area contributed by atoms with Crippen LogP contribution >= 0.6 is 11.8 Å². The molecule has 124 valence electrons. The summed E-state index contributed by atoms with van der Waals surface area (Å²) >= 11 is 1.91. The average Bonchev–Trinajstić information content (AvgIpc) is 2.53. The van der Waals surface area contributed by atoms with Gasteiger partial charge in [-0.2, -0.15) is 11.8 Å². The fourth-order valence-electron chi connectivity index (χ4n) is 2.39. The van der Waals surface area contributed by atoms with Crippen LogP contribution in [0.5, 0.6) is 0 Å². The Morgan fingerprint density at radius 3 is 2.52 bits per heavy atom. The molecule has 1 aliphatic heterocycles. The van der Waals surface area contributed by atoms with Gasteiger partial charge in [0.2, 0.25) is 5.91 Å². The highest BCUT2D eigenvalue weighted by Crippen LogP contribution is 2.17. The lowest BCUT2D eigenvalue weighted by Crippen LogP contribution is -2.40. The first-order chi connectivity index (χ1) is 10.1. The van der Waals surface area contributed by atoms with E-state index in [1.807, 2.05) is 23.7 Å². The van der Waals surface area contributed by atoms with E-state index >= 15 is 0 Å². The van der Waals surface area contributed by atoms with E-state index in [0.717, 1.165) is 57.2 Å². The van der Waals surface area contributed by atoms with E-state index in [0.29, 0.717) is 11.9 Å². The van der Waals surface area contributed by atoms with Gasteiger partial charge in [0.1, 0.15) is 0 Å². The third kappa shape index (κ3) is 6.57. The number of carbonyl (C=O) groups is 1. The number of hydrogen-bond acceptors (Lipinski definition) is 4. The molecule has 0 bridgehead atoms. The molecule has 5 heteroatoms. The molecule has 1 fully saturated rings. The van der Waals surface area contributed by atoms with E-state index in [4.69, 9.17) is 4.74 Å². The Kier molecular flexibility index (Phi) is 9.36. The van der Waals surface area contributed by atoms with Gasteiger partial charge in [0.15, 0.2) is 0 Å². The summed E-state index contributed by atoms with van der Waals surface area (Å²) in [7, 11) is 1.94. The number of amides is 1. The van der Waals surface area contributed by atoms with Gasteiger partial charge in [-0.15, -0.1) is 0 Å². The SMILES string of the molecule is CCC(C)N(C)C(=O)[C@H](CC)CSCCN1CCOCC1. The highest BCUT2D eigenvalue weighted by Gasteiger charge is 2.23. The van der Waals surface area contributed by atoms with Crippen LogP contribution < -0.4 is 0 Å². The van der Waals surface area contributed by atoms with Gasteiger partial charge in [0.05, 0.1) is 13.2 Å². The van der Waals surface area contributed by atoms with Crippen molar-refractivity contribution in [3.63, 3.8) is 0 Å². The minimum atomic E-state index is 0.165. The van der Waals surface area contributed by atoms with Gasteiger partial charge >= 0.3 is 0 Å². The quantitative estimate of drug-likeness (QED) is 0.611. The molecular weight excluding hydrogens is 284 g/mol. The maximum Gasteiger partial charge on any atom is 0.226 e. The van der Waals surface area contributed by atoms with Gasteiger partial charge in [-0.25, -0.2) is 0 Å². The topological polar surface area (TPSA) is 32.8 Å². The van der Waals surface area contributed by atoms with Gasteiger partial charge in [-0.1, -0.05) is 13.8 Å². The number of morpholine rings is 1. The van der Waals surface area contributed by atoms with Gasteiger partial charge in [-0.3, -0.25) is 9.69 Å². The number of ether oxygens (including phenoxy) is 1. The molecule has 0 aromatic rings. The van der Waals surface area contributed by atoms with E-state index < -0.39 is 0 Å². The molecule has 1 amide bonds. The summed E-state index contributed by atoms with van der Waals surface area (Å²) in [6, 6.07) is 0.338. The van der Waals surface area contributed by atoms with Crippen molar-refractivity contribution < 1.29 is 9.53 Å². The smallest absolute Gasteiger partial charge is 0.226 e. The lowest BCUT2D eigenvalue weighted by Gasteiger charge is -2.28. The molecule has 0 aliphatic carbocycles. The first-order valence-corrected chi connectivity index (χ1v) is 9.40. The predicted molar refractivity (Wildman–Crippen MR) is 90.9 cm³/mol.